The van der Waals surface area contributed by atoms with Gasteiger partial charge in [-0.3, -0.25) is 19.1 Å². The molecule has 7 nitrogen and oxygen atoms in total. The minimum Gasteiger partial charge on any atom is -0.383 e. The van der Waals surface area contributed by atoms with E-state index in [2.05, 4.69) is 24.0 Å². The number of H-pyrrole nitrogens is 1. The van der Waals surface area contributed by atoms with Gasteiger partial charge in [-0.15, -0.1) is 0 Å². The maximum absolute atomic E-state index is 13.3. The molecule has 1 aromatic carbocycles. The van der Waals surface area contributed by atoms with Gasteiger partial charge < -0.3 is 10.6 Å². The number of aromatic nitrogens is 2. The van der Waals surface area contributed by atoms with E-state index in [0.29, 0.717) is 13.1 Å². The standard InChI is InChI=1S/C24H36N4O3/c1-5-7-9-18-10-12-19(13-11-18)15-20(29)28(16-17(3)4)21-22(25)27(14-8-6-2)24(31)26-23(21)30/h10-13,17H,5-9,14-16,25H2,1-4H3,(H,26,30,31). The number of hydrogen-bond acceptors (Lipinski definition) is 4. The number of carbonyl (C=O) groups excluding carboxylic acids is 1. The number of unbranched alkanes of at least 4 members (excludes halogenated alkanes) is 2. The Bertz CT molecular complexity index is 974. The van der Waals surface area contributed by atoms with Crippen LogP contribution in [0.5, 0.6) is 0 Å². The summed E-state index contributed by atoms with van der Waals surface area (Å²) in [5.74, 6) is -0.0470. The average molecular weight is 429 g/mol. The van der Waals surface area contributed by atoms with Crippen molar-refractivity contribution in [2.45, 2.75) is 72.8 Å². The van der Waals surface area contributed by atoms with Crippen LogP contribution in [0, 0.1) is 5.92 Å². The van der Waals surface area contributed by atoms with Crippen molar-refractivity contribution in [2.75, 3.05) is 17.2 Å². The largest absolute Gasteiger partial charge is 0.383 e. The summed E-state index contributed by atoms with van der Waals surface area (Å²) >= 11 is 0. The highest BCUT2D eigenvalue weighted by Gasteiger charge is 2.25. The summed E-state index contributed by atoms with van der Waals surface area (Å²) in [5, 5.41) is 0. The van der Waals surface area contributed by atoms with Crippen LogP contribution in [0.25, 0.3) is 0 Å². The number of nitrogen functional groups attached to an aromatic ring is 1. The Morgan fingerprint density at radius 1 is 1.06 bits per heavy atom. The zero-order valence-electron chi connectivity index (χ0n) is 19.2. The van der Waals surface area contributed by atoms with Gasteiger partial charge in [0.1, 0.15) is 5.82 Å². The lowest BCUT2D eigenvalue weighted by atomic mass is 10.0. The van der Waals surface area contributed by atoms with Crippen LogP contribution in [-0.4, -0.2) is 22.0 Å². The van der Waals surface area contributed by atoms with Crippen LogP contribution in [0.4, 0.5) is 11.5 Å². The maximum Gasteiger partial charge on any atom is 0.330 e. The van der Waals surface area contributed by atoms with E-state index in [1.54, 1.807) is 0 Å². The maximum atomic E-state index is 13.3. The summed E-state index contributed by atoms with van der Waals surface area (Å²) < 4.78 is 1.35. The topological polar surface area (TPSA) is 101 Å². The molecule has 7 heteroatoms. The Balaban J connectivity index is 2.36. The molecule has 0 aliphatic heterocycles. The van der Waals surface area contributed by atoms with Gasteiger partial charge in [0.25, 0.3) is 5.56 Å². The molecule has 0 atom stereocenters. The first kappa shape index (κ1) is 24.4. The number of rotatable bonds is 11. The van der Waals surface area contributed by atoms with Gasteiger partial charge in [-0.2, -0.15) is 0 Å². The summed E-state index contributed by atoms with van der Waals surface area (Å²) in [6, 6.07) is 8.03. The Hall–Kier alpha value is -2.83. The van der Waals surface area contributed by atoms with Crippen LogP contribution in [0.1, 0.15) is 64.5 Å². The van der Waals surface area contributed by atoms with Crippen molar-refractivity contribution >= 4 is 17.4 Å². The van der Waals surface area contributed by atoms with Crippen molar-refractivity contribution < 1.29 is 4.79 Å². The number of aryl methyl sites for hydroxylation is 1. The van der Waals surface area contributed by atoms with E-state index in [1.807, 2.05) is 32.9 Å². The summed E-state index contributed by atoms with van der Waals surface area (Å²) in [7, 11) is 0. The Morgan fingerprint density at radius 2 is 1.68 bits per heavy atom. The second kappa shape index (κ2) is 11.5. The molecule has 3 N–H and O–H groups in total. The van der Waals surface area contributed by atoms with Crippen molar-refractivity contribution in [3.8, 4) is 0 Å². The van der Waals surface area contributed by atoms with Crippen molar-refractivity contribution in [1.29, 1.82) is 0 Å². The third-order valence-corrected chi connectivity index (χ3v) is 5.27. The SMILES string of the molecule is CCCCc1ccc(CC(=O)N(CC(C)C)c2c(N)n(CCCC)c(=O)[nH]c2=O)cc1. The highest BCUT2D eigenvalue weighted by atomic mass is 16.2. The first-order valence-electron chi connectivity index (χ1n) is 11.3. The first-order valence-corrected chi connectivity index (χ1v) is 11.3. The molecular formula is C24H36N4O3. The Kier molecular flexibility index (Phi) is 9.09. The second-order valence-corrected chi connectivity index (χ2v) is 8.49. The van der Waals surface area contributed by atoms with Gasteiger partial charge in [-0.25, -0.2) is 4.79 Å². The summed E-state index contributed by atoms with van der Waals surface area (Å²) in [6.07, 6.45) is 5.08. The summed E-state index contributed by atoms with van der Waals surface area (Å²) in [4.78, 5) is 41.9. The molecule has 0 saturated carbocycles. The van der Waals surface area contributed by atoms with Gasteiger partial charge in [0.15, 0.2) is 5.69 Å². The molecule has 2 rings (SSSR count). The molecule has 0 aliphatic rings. The molecule has 1 amide bonds. The lowest BCUT2D eigenvalue weighted by molar-refractivity contribution is -0.118. The minimum atomic E-state index is -0.626. The fourth-order valence-corrected chi connectivity index (χ4v) is 3.53. The van der Waals surface area contributed by atoms with E-state index in [0.717, 1.165) is 37.7 Å². The molecule has 2 aromatic rings. The van der Waals surface area contributed by atoms with E-state index in [1.165, 1.54) is 15.0 Å². The molecule has 0 saturated heterocycles. The van der Waals surface area contributed by atoms with Gasteiger partial charge in [-0.1, -0.05) is 64.8 Å². The normalized spacial score (nSPS) is 11.1. The fourth-order valence-electron chi connectivity index (χ4n) is 3.53. The summed E-state index contributed by atoms with van der Waals surface area (Å²) in [5.41, 5.74) is 7.28. The number of benzene rings is 1. The molecule has 1 aromatic heterocycles. The zero-order valence-corrected chi connectivity index (χ0v) is 19.2. The van der Waals surface area contributed by atoms with E-state index >= 15 is 0 Å². The predicted molar refractivity (Wildman–Crippen MR) is 127 cm³/mol. The second-order valence-electron chi connectivity index (χ2n) is 8.49. The molecule has 170 valence electrons. The Morgan fingerprint density at radius 3 is 2.26 bits per heavy atom. The number of amides is 1. The molecule has 1 heterocycles. The van der Waals surface area contributed by atoms with Crippen molar-refractivity contribution in [2.24, 2.45) is 5.92 Å². The number of aromatic amines is 1. The number of nitrogens with one attached hydrogen (secondary N) is 1. The monoisotopic (exact) mass is 428 g/mol. The molecule has 0 fully saturated rings. The van der Waals surface area contributed by atoms with Gasteiger partial charge in [-0.05, 0) is 36.3 Å². The van der Waals surface area contributed by atoms with Crippen LogP contribution < -0.4 is 21.9 Å². The Labute approximate surface area is 184 Å². The number of nitrogens with two attached hydrogens (primary N) is 1. The van der Waals surface area contributed by atoms with E-state index < -0.39 is 11.2 Å². The molecule has 0 spiro atoms. The van der Waals surface area contributed by atoms with Gasteiger partial charge in [0.05, 0.1) is 6.42 Å². The third-order valence-electron chi connectivity index (χ3n) is 5.27. The zero-order chi connectivity index (χ0) is 23.0. The van der Waals surface area contributed by atoms with Crippen molar-refractivity contribution in [3.05, 3.63) is 56.2 Å². The smallest absolute Gasteiger partial charge is 0.330 e. The molecule has 31 heavy (non-hydrogen) atoms. The number of nitrogens with zero attached hydrogens (tertiary/aromatic N) is 2. The van der Waals surface area contributed by atoms with Crippen LogP contribution >= 0.6 is 0 Å². The molecule has 0 bridgehead atoms. The van der Waals surface area contributed by atoms with Crippen LogP contribution in [0.2, 0.25) is 0 Å². The third kappa shape index (κ3) is 6.57. The fraction of sp³-hybridized carbons (Fsp3) is 0.542. The van der Waals surface area contributed by atoms with Crippen molar-refractivity contribution in [1.82, 2.24) is 9.55 Å². The van der Waals surface area contributed by atoms with Gasteiger partial charge in [0, 0.05) is 13.1 Å². The van der Waals surface area contributed by atoms with Crippen LogP contribution in [0.3, 0.4) is 0 Å². The highest BCUT2D eigenvalue weighted by molar-refractivity contribution is 5.96. The van der Waals surface area contributed by atoms with E-state index in [-0.39, 0.29) is 29.8 Å². The first-order chi connectivity index (χ1) is 14.8. The quantitative estimate of drug-likeness (QED) is 0.572. The van der Waals surface area contributed by atoms with Gasteiger partial charge >= 0.3 is 5.69 Å². The molecule has 0 unspecified atom stereocenters. The van der Waals surface area contributed by atoms with E-state index in [4.69, 9.17) is 5.73 Å². The minimum absolute atomic E-state index is 0.0473. The molecular weight excluding hydrogens is 392 g/mol. The van der Waals surface area contributed by atoms with Crippen LogP contribution in [0.15, 0.2) is 33.9 Å². The highest BCUT2D eigenvalue weighted by Crippen LogP contribution is 2.20. The lowest BCUT2D eigenvalue weighted by Gasteiger charge is -2.26. The molecule has 0 radical (unpaired) electrons. The number of carbonyl (C=O) groups is 1. The number of hydrogen-bond donors (Lipinski definition) is 2. The lowest BCUT2D eigenvalue weighted by Crippen LogP contribution is -2.43. The van der Waals surface area contributed by atoms with Gasteiger partial charge in [0.2, 0.25) is 5.91 Å². The van der Waals surface area contributed by atoms with Crippen molar-refractivity contribution in [3.63, 3.8) is 0 Å². The number of anilines is 2. The van der Waals surface area contributed by atoms with E-state index in [9.17, 15) is 14.4 Å². The average Bonchev–Trinajstić information content (AvgIpc) is 2.72. The molecule has 0 aliphatic carbocycles. The summed E-state index contributed by atoms with van der Waals surface area (Å²) in [6.45, 7) is 8.85. The van der Waals surface area contributed by atoms with Crippen LogP contribution in [-0.2, 0) is 24.2 Å². The predicted octanol–water partition coefficient (Wildman–Crippen LogP) is 3.49.